The molecule has 0 spiro atoms. The minimum Gasteiger partial charge on any atom is -0.306 e. The van der Waals surface area contributed by atoms with Gasteiger partial charge in [0.05, 0.1) is 22.7 Å². The monoisotopic (exact) mass is 540 g/mol. The van der Waals surface area contributed by atoms with Crippen LogP contribution in [-0.2, 0) is 0 Å². The number of rotatable bonds is 3. The maximum atomic E-state index is 13.6. The zero-order valence-corrected chi connectivity index (χ0v) is 22.6. The molecule has 0 radical (unpaired) electrons. The Morgan fingerprint density at radius 1 is 0.333 bits per heavy atom. The van der Waals surface area contributed by atoms with Crippen LogP contribution in [0.15, 0.2) is 146 Å². The fraction of sp³-hybridized carbons (Fsp3) is 0. The minimum atomic E-state index is -0.111. The van der Waals surface area contributed by atoms with Gasteiger partial charge in [0.25, 0.3) is 0 Å². The second-order valence-electron chi connectivity index (χ2n) is 10.5. The molecule has 198 valence electrons. The van der Waals surface area contributed by atoms with Gasteiger partial charge in [-0.2, -0.15) is 0 Å². The lowest BCUT2D eigenvalue weighted by Gasteiger charge is -2.40. The molecule has 0 N–H and O–H groups in total. The highest BCUT2D eigenvalue weighted by Gasteiger charge is 2.32. The third-order valence-electron chi connectivity index (χ3n) is 8.13. The van der Waals surface area contributed by atoms with E-state index in [1.54, 1.807) is 30.3 Å². The molecule has 0 saturated carbocycles. The summed E-state index contributed by atoms with van der Waals surface area (Å²) < 4.78 is 0. The predicted molar refractivity (Wildman–Crippen MR) is 168 cm³/mol. The summed E-state index contributed by atoms with van der Waals surface area (Å²) in [6, 6.07) is 48.1. The summed E-state index contributed by atoms with van der Waals surface area (Å²) in [4.78, 5) is 31.5. The van der Waals surface area contributed by atoms with Gasteiger partial charge in [-0.3, -0.25) is 9.59 Å². The van der Waals surface area contributed by atoms with Gasteiger partial charge in [-0.05, 0) is 59.7 Å². The minimum absolute atomic E-state index is 0.108. The summed E-state index contributed by atoms with van der Waals surface area (Å²) in [5.41, 5.74) is 9.94. The first-order valence-electron chi connectivity index (χ1n) is 14.0. The van der Waals surface area contributed by atoms with Crippen LogP contribution in [0.1, 0.15) is 31.8 Å². The maximum Gasteiger partial charge on any atom is 0.195 e. The van der Waals surface area contributed by atoms with E-state index in [0.717, 1.165) is 45.3 Å². The zero-order chi connectivity index (χ0) is 28.2. The first-order chi connectivity index (χ1) is 20.7. The number of hydrogen-bond acceptors (Lipinski definition) is 4. The quantitative estimate of drug-likeness (QED) is 0.224. The van der Waals surface area contributed by atoms with E-state index in [0.29, 0.717) is 22.3 Å². The average molecular weight is 541 g/mol. The molecule has 0 amide bonds. The van der Waals surface area contributed by atoms with Crippen molar-refractivity contribution in [2.24, 2.45) is 0 Å². The Morgan fingerprint density at radius 2 is 0.762 bits per heavy atom. The highest BCUT2D eigenvalue weighted by Crippen LogP contribution is 2.54. The van der Waals surface area contributed by atoms with Crippen molar-refractivity contribution in [1.29, 1.82) is 0 Å². The molecule has 8 rings (SSSR count). The summed E-state index contributed by atoms with van der Waals surface area (Å²) in [7, 11) is 0. The molecule has 0 bridgehead atoms. The number of benzene rings is 6. The molecule has 4 heteroatoms. The fourth-order valence-corrected chi connectivity index (χ4v) is 6.25. The molecule has 1 aliphatic heterocycles. The van der Waals surface area contributed by atoms with E-state index in [-0.39, 0.29) is 11.6 Å². The molecular weight excluding hydrogens is 516 g/mol. The summed E-state index contributed by atoms with van der Waals surface area (Å²) in [5, 5.41) is 0. The highest BCUT2D eigenvalue weighted by atomic mass is 16.1. The Kier molecular flexibility index (Phi) is 5.41. The molecule has 6 aromatic carbocycles. The van der Waals surface area contributed by atoms with Crippen molar-refractivity contribution >= 4 is 45.7 Å². The largest absolute Gasteiger partial charge is 0.306 e. The van der Waals surface area contributed by atoms with E-state index >= 15 is 0 Å². The molecule has 1 heterocycles. The van der Waals surface area contributed by atoms with Gasteiger partial charge in [-0.25, -0.2) is 0 Å². The van der Waals surface area contributed by atoms with Gasteiger partial charge in [0.2, 0.25) is 0 Å². The lowest BCUT2D eigenvalue weighted by molar-refractivity contribution is 0.0979. The van der Waals surface area contributed by atoms with Crippen molar-refractivity contribution in [2.45, 2.75) is 0 Å². The van der Waals surface area contributed by atoms with Gasteiger partial charge < -0.3 is 9.80 Å². The molecule has 42 heavy (non-hydrogen) atoms. The van der Waals surface area contributed by atoms with Crippen LogP contribution in [0, 0.1) is 0 Å². The predicted octanol–water partition coefficient (Wildman–Crippen LogP) is 9.38. The lowest BCUT2D eigenvalue weighted by Crippen LogP contribution is -2.23. The van der Waals surface area contributed by atoms with E-state index in [4.69, 9.17) is 0 Å². The van der Waals surface area contributed by atoms with Crippen molar-refractivity contribution in [3.8, 4) is 11.1 Å². The summed E-state index contributed by atoms with van der Waals surface area (Å²) in [6.07, 6.45) is 0. The molecule has 4 nitrogen and oxygen atoms in total. The second kappa shape index (κ2) is 9.43. The van der Waals surface area contributed by atoms with E-state index in [9.17, 15) is 9.59 Å². The third kappa shape index (κ3) is 3.55. The summed E-state index contributed by atoms with van der Waals surface area (Å²) in [5.74, 6) is -0.220. The summed E-state index contributed by atoms with van der Waals surface area (Å²) in [6.45, 7) is 0. The first-order valence-corrected chi connectivity index (χ1v) is 14.0. The molecule has 6 aromatic rings. The average Bonchev–Trinajstić information content (AvgIpc) is 3.06. The molecule has 1 aliphatic carbocycles. The number of ketones is 2. The Morgan fingerprint density at radius 3 is 1.33 bits per heavy atom. The van der Waals surface area contributed by atoms with Crippen LogP contribution in [0.4, 0.5) is 34.1 Å². The molecule has 0 unspecified atom stereocenters. The van der Waals surface area contributed by atoms with Gasteiger partial charge in [0, 0.05) is 33.6 Å². The summed E-state index contributed by atoms with van der Waals surface area (Å²) >= 11 is 0. The number of hydrogen-bond donors (Lipinski definition) is 0. The van der Waals surface area contributed by atoms with Crippen LogP contribution in [0.25, 0.3) is 11.1 Å². The number of para-hydroxylation sites is 5. The number of carbonyl (C=O) groups excluding carboxylic acids is 2. The van der Waals surface area contributed by atoms with Crippen molar-refractivity contribution < 1.29 is 9.59 Å². The molecule has 0 saturated heterocycles. The molecular formula is C38H24N2O2. The third-order valence-corrected chi connectivity index (χ3v) is 8.13. The topological polar surface area (TPSA) is 40.6 Å². The second-order valence-corrected chi connectivity index (χ2v) is 10.5. The van der Waals surface area contributed by atoms with Gasteiger partial charge >= 0.3 is 0 Å². The molecule has 0 aromatic heterocycles. The normalized spacial score (nSPS) is 13.2. The van der Waals surface area contributed by atoms with E-state index in [1.807, 2.05) is 30.3 Å². The van der Waals surface area contributed by atoms with Crippen molar-refractivity contribution in [3.05, 3.63) is 168 Å². The van der Waals surface area contributed by atoms with Crippen LogP contribution in [-0.4, -0.2) is 11.6 Å². The van der Waals surface area contributed by atoms with Gasteiger partial charge in [0.15, 0.2) is 11.6 Å². The number of nitrogens with zero attached hydrogens (tertiary/aromatic N) is 2. The molecule has 2 aliphatic rings. The zero-order valence-electron chi connectivity index (χ0n) is 22.6. The number of carbonyl (C=O) groups is 2. The van der Waals surface area contributed by atoms with Crippen LogP contribution in [0.3, 0.4) is 0 Å². The van der Waals surface area contributed by atoms with Gasteiger partial charge in [0.1, 0.15) is 0 Å². The van der Waals surface area contributed by atoms with Gasteiger partial charge in [-0.15, -0.1) is 0 Å². The maximum absolute atomic E-state index is 13.6. The SMILES string of the molecule is O=C1c2ccccc2C(=O)c2c1cccc2-c1ccc(N2c3ccccc3N(c3ccccc3)c3ccccc32)cc1. The highest BCUT2D eigenvalue weighted by molar-refractivity contribution is 6.30. The number of anilines is 6. The van der Waals surface area contributed by atoms with Crippen LogP contribution >= 0.6 is 0 Å². The lowest BCUT2D eigenvalue weighted by atomic mass is 9.80. The van der Waals surface area contributed by atoms with Crippen LogP contribution < -0.4 is 9.80 Å². The smallest absolute Gasteiger partial charge is 0.195 e. The number of fused-ring (bicyclic) bond motifs is 4. The van der Waals surface area contributed by atoms with Crippen molar-refractivity contribution in [1.82, 2.24) is 0 Å². The Bertz CT molecular complexity index is 1980. The molecule has 0 fully saturated rings. The first kappa shape index (κ1) is 24.1. The molecule has 0 atom stereocenters. The van der Waals surface area contributed by atoms with E-state index in [1.165, 1.54) is 0 Å². The van der Waals surface area contributed by atoms with Crippen molar-refractivity contribution in [2.75, 3.05) is 9.80 Å². The van der Waals surface area contributed by atoms with Gasteiger partial charge in [-0.1, -0.05) is 97.1 Å². The Labute approximate surface area is 243 Å². The van der Waals surface area contributed by atoms with Crippen LogP contribution in [0.5, 0.6) is 0 Å². The van der Waals surface area contributed by atoms with E-state index < -0.39 is 0 Å². The fourth-order valence-electron chi connectivity index (χ4n) is 6.25. The van der Waals surface area contributed by atoms with Crippen LogP contribution in [0.2, 0.25) is 0 Å². The van der Waals surface area contributed by atoms with Crippen molar-refractivity contribution in [3.63, 3.8) is 0 Å². The standard InChI is InChI=1S/C38H24N2O2/c41-37-29-13-4-5-14-30(29)38(42)36-28(15-10-16-31(36)37)25-21-23-27(24-22-25)40-34-19-8-6-17-32(34)39(26-11-2-1-3-12-26)33-18-7-9-20-35(33)40/h1-24H. The van der Waals surface area contributed by atoms with E-state index in [2.05, 4.69) is 94.7 Å². The Hall–Kier alpha value is -5.74. The Balaban J connectivity index is 1.24.